The molecule has 0 atom stereocenters. The van der Waals surface area contributed by atoms with Crippen molar-refractivity contribution in [3.05, 3.63) is 36.0 Å². The smallest absolute Gasteiger partial charge is 0.254 e. The highest BCUT2D eigenvalue weighted by Crippen LogP contribution is 2.19. The van der Waals surface area contributed by atoms with Gasteiger partial charge in [0.2, 0.25) is 0 Å². The van der Waals surface area contributed by atoms with Crippen LogP contribution in [-0.4, -0.2) is 28.9 Å². The molecule has 0 spiro atoms. The van der Waals surface area contributed by atoms with Gasteiger partial charge in [-0.05, 0) is 24.1 Å². The van der Waals surface area contributed by atoms with Gasteiger partial charge >= 0.3 is 0 Å². The highest BCUT2D eigenvalue weighted by Gasteiger charge is 2.18. The average molecular weight is 269 g/mol. The number of benzene rings is 1. The van der Waals surface area contributed by atoms with Gasteiger partial charge in [-0.2, -0.15) is 5.26 Å². The van der Waals surface area contributed by atoms with Crippen molar-refractivity contribution in [2.45, 2.75) is 20.3 Å². The van der Waals surface area contributed by atoms with Crippen LogP contribution in [0.4, 0.5) is 0 Å². The Kier molecular flexibility index (Phi) is 4.41. The number of hydrogen-bond donors (Lipinski definition) is 1. The summed E-state index contributed by atoms with van der Waals surface area (Å²) < 4.78 is 0. The first-order valence-corrected chi connectivity index (χ1v) is 6.85. The number of aromatic nitrogens is 1. The highest BCUT2D eigenvalue weighted by molar-refractivity contribution is 6.06. The number of hydrogen-bond acceptors (Lipinski definition) is 2. The molecule has 0 saturated heterocycles. The minimum atomic E-state index is -0.000787. The first-order valence-electron chi connectivity index (χ1n) is 6.85. The number of nitriles is 1. The summed E-state index contributed by atoms with van der Waals surface area (Å²) in [6, 6.07) is 9.70. The number of amides is 1. The molecular weight excluding hydrogens is 250 g/mol. The zero-order valence-corrected chi connectivity index (χ0v) is 11.9. The largest absolute Gasteiger partial charge is 0.361 e. The van der Waals surface area contributed by atoms with Crippen LogP contribution in [0.1, 0.15) is 30.6 Å². The molecule has 1 aromatic heterocycles. The Morgan fingerprint density at radius 3 is 2.90 bits per heavy atom. The SMILES string of the molecule is CC(C)CN(CCC#N)C(=O)c1cccc2[nH]ccc12. The number of fused-ring (bicyclic) bond motifs is 1. The summed E-state index contributed by atoms with van der Waals surface area (Å²) in [6.45, 7) is 5.29. The molecule has 0 aliphatic rings. The van der Waals surface area contributed by atoms with Crippen LogP contribution < -0.4 is 0 Å². The maximum Gasteiger partial charge on any atom is 0.254 e. The summed E-state index contributed by atoms with van der Waals surface area (Å²) in [7, 11) is 0. The second-order valence-corrected chi connectivity index (χ2v) is 5.30. The van der Waals surface area contributed by atoms with Gasteiger partial charge in [-0.15, -0.1) is 0 Å². The van der Waals surface area contributed by atoms with Crippen LogP contribution in [0.2, 0.25) is 0 Å². The Morgan fingerprint density at radius 2 is 2.20 bits per heavy atom. The molecule has 4 nitrogen and oxygen atoms in total. The van der Waals surface area contributed by atoms with Crippen molar-refractivity contribution in [2.75, 3.05) is 13.1 Å². The van der Waals surface area contributed by atoms with Gasteiger partial charge in [0.25, 0.3) is 5.91 Å². The number of rotatable bonds is 5. The summed E-state index contributed by atoms with van der Waals surface area (Å²) in [5, 5.41) is 9.68. The van der Waals surface area contributed by atoms with Crippen molar-refractivity contribution >= 4 is 16.8 Å². The van der Waals surface area contributed by atoms with Crippen molar-refractivity contribution in [3.8, 4) is 6.07 Å². The number of H-pyrrole nitrogens is 1. The standard InChI is InChI=1S/C16H19N3O/c1-12(2)11-19(10-4-8-17)16(20)14-5-3-6-15-13(14)7-9-18-15/h3,5-7,9,12,18H,4,10-11H2,1-2H3. The van der Waals surface area contributed by atoms with E-state index in [0.717, 1.165) is 10.9 Å². The molecule has 0 saturated carbocycles. The molecule has 4 heteroatoms. The molecule has 0 bridgehead atoms. The fourth-order valence-corrected chi connectivity index (χ4v) is 2.34. The summed E-state index contributed by atoms with van der Waals surface area (Å²) in [5.74, 6) is 0.377. The Hall–Kier alpha value is -2.28. The Balaban J connectivity index is 2.31. The quantitative estimate of drug-likeness (QED) is 0.906. The minimum Gasteiger partial charge on any atom is -0.361 e. The fraction of sp³-hybridized carbons (Fsp3) is 0.375. The molecule has 1 heterocycles. The summed E-state index contributed by atoms with van der Waals surface area (Å²) in [4.78, 5) is 17.6. The molecule has 0 aliphatic heterocycles. The summed E-state index contributed by atoms with van der Waals surface area (Å²) in [5.41, 5.74) is 1.66. The predicted molar refractivity (Wildman–Crippen MR) is 79.3 cm³/mol. The van der Waals surface area contributed by atoms with Crippen LogP contribution in [0.15, 0.2) is 30.5 Å². The van der Waals surface area contributed by atoms with Gasteiger partial charge in [-0.25, -0.2) is 0 Å². The van der Waals surface area contributed by atoms with E-state index < -0.39 is 0 Å². The van der Waals surface area contributed by atoms with E-state index in [4.69, 9.17) is 5.26 Å². The lowest BCUT2D eigenvalue weighted by Gasteiger charge is -2.24. The number of carbonyl (C=O) groups excluding carboxylic acids is 1. The van der Waals surface area contributed by atoms with Gasteiger partial charge < -0.3 is 9.88 Å². The first kappa shape index (κ1) is 14.1. The van der Waals surface area contributed by atoms with Crippen molar-refractivity contribution in [3.63, 3.8) is 0 Å². The fourth-order valence-electron chi connectivity index (χ4n) is 2.34. The Labute approximate surface area is 119 Å². The number of nitrogens with one attached hydrogen (secondary N) is 1. The second-order valence-electron chi connectivity index (χ2n) is 5.30. The highest BCUT2D eigenvalue weighted by atomic mass is 16.2. The monoisotopic (exact) mass is 269 g/mol. The Morgan fingerprint density at radius 1 is 1.40 bits per heavy atom. The van der Waals surface area contributed by atoms with Crippen LogP contribution >= 0.6 is 0 Å². The molecule has 0 radical (unpaired) electrons. The summed E-state index contributed by atoms with van der Waals surface area (Å²) >= 11 is 0. The zero-order valence-electron chi connectivity index (χ0n) is 11.9. The molecule has 0 aliphatic carbocycles. The second kappa shape index (κ2) is 6.25. The Bertz CT molecular complexity index is 636. The van der Waals surface area contributed by atoms with Gasteiger partial charge in [0.1, 0.15) is 0 Å². The maximum atomic E-state index is 12.7. The lowest BCUT2D eigenvalue weighted by molar-refractivity contribution is 0.0742. The molecular formula is C16H19N3O. The van der Waals surface area contributed by atoms with Gasteiger partial charge in [-0.1, -0.05) is 19.9 Å². The van der Waals surface area contributed by atoms with E-state index in [2.05, 4.69) is 24.9 Å². The first-order chi connectivity index (χ1) is 9.63. The van der Waals surface area contributed by atoms with E-state index >= 15 is 0 Å². The molecule has 2 rings (SSSR count). The lowest BCUT2D eigenvalue weighted by Crippen LogP contribution is -2.35. The zero-order chi connectivity index (χ0) is 14.5. The van der Waals surface area contributed by atoms with E-state index in [1.54, 1.807) is 4.90 Å². The predicted octanol–water partition coefficient (Wildman–Crippen LogP) is 3.18. The molecule has 1 amide bonds. The van der Waals surface area contributed by atoms with Gasteiger partial charge in [0, 0.05) is 35.8 Å². The molecule has 1 N–H and O–H groups in total. The lowest BCUT2D eigenvalue weighted by atomic mass is 10.1. The number of carbonyl (C=O) groups is 1. The normalized spacial score (nSPS) is 10.7. The van der Waals surface area contributed by atoms with Crippen LogP contribution in [0.25, 0.3) is 10.9 Å². The van der Waals surface area contributed by atoms with Gasteiger partial charge in [0.15, 0.2) is 0 Å². The van der Waals surface area contributed by atoms with Crippen LogP contribution in [0.5, 0.6) is 0 Å². The van der Waals surface area contributed by atoms with E-state index in [9.17, 15) is 4.79 Å². The van der Waals surface area contributed by atoms with Gasteiger partial charge in [0.05, 0.1) is 12.5 Å². The van der Waals surface area contributed by atoms with Crippen molar-refractivity contribution in [1.82, 2.24) is 9.88 Å². The van der Waals surface area contributed by atoms with Crippen molar-refractivity contribution < 1.29 is 4.79 Å². The third-order valence-corrected chi connectivity index (χ3v) is 3.19. The van der Waals surface area contributed by atoms with Crippen LogP contribution in [-0.2, 0) is 0 Å². The topological polar surface area (TPSA) is 59.9 Å². The molecule has 104 valence electrons. The number of nitrogens with zero attached hydrogens (tertiary/aromatic N) is 2. The molecule has 0 unspecified atom stereocenters. The minimum absolute atomic E-state index is 0.000787. The number of aromatic amines is 1. The van der Waals surface area contributed by atoms with Gasteiger partial charge in [-0.3, -0.25) is 4.79 Å². The molecule has 0 fully saturated rings. The maximum absolute atomic E-state index is 12.7. The van der Waals surface area contributed by atoms with Crippen LogP contribution in [0, 0.1) is 17.2 Å². The average Bonchev–Trinajstić information content (AvgIpc) is 2.90. The van der Waals surface area contributed by atoms with Crippen molar-refractivity contribution in [2.24, 2.45) is 5.92 Å². The third-order valence-electron chi connectivity index (χ3n) is 3.19. The third kappa shape index (κ3) is 3.00. The summed E-state index contributed by atoms with van der Waals surface area (Å²) in [6.07, 6.45) is 2.20. The molecule has 2 aromatic rings. The van der Waals surface area contributed by atoms with E-state index in [-0.39, 0.29) is 5.91 Å². The molecule has 1 aromatic carbocycles. The van der Waals surface area contributed by atoms with E-state index in [1.165, 1.54) is 0 Å². The van der Waals surface area contributed by atoms with E-state index in [0.29, 0.717) is 31.0 Å². The van der Waals surface area contributed by atoms with Crippen molar-refractivity contribution in [1.29, 1.82) is 5.26 Å². The molecule has 20 heavy (non-hydrogen) atoms. The van der Waals surface area contributed by atoms with E-state index in [1.807, 2.05) is 30.5 Å². The van der Waals surface area contributed by atoms with Crippen LogP contribution in [0.3, 0.4) is 0 Å².